The van der Waals surface area contributed by atoms with Crippen LogP contribution in [0.3, 0.4) is 0 Å². The van der Waals surface area contributed by atoms with Crippen LogP contribution in [0.4, 0.5) is 17.1 Å². The van der Waals surface area contributed by atoms with E-state index in [-0.39, 0.29) is 0 Å². The third-order valence-electron chi connectivity index (χ3n) is 8.09. The molecule has 0 bridgehead atoms. The summed E-state index contributed by atoms with van der Waals surface area (Å²) in [6, 6.07) is 54.2. The highest BCUT2D eigenvalue weighted by atomic mass is 15.1. The van der Waals surface area contributed by atoms with Crippen molar-refractivity contribution in [2.45, 2.75) is 0 Å². The number of hydrogen-bond donors (Lipinski definition) is 0. The van der Waals surface area contributed by atoms with Gasteiger partial charge in [-0.2, -0.15) is 0 Å². The summed E-state index contributed by atoms with van der Waals surface area (Å²) >= 11 is 0. The predicted octanol–water partition coefficient (Wildman–Crippen LogP) is 10.7. The Hall–Kier alpha value is -5.47. The van der Waals surface area contributed by atoms with Gasteiger partial charge in [0.2, 0.25) is 0 Å². The summed E-state index contributed by atoms with van der Waals surface area (Å²) in [6.45, 7) is 0. The second-order valence-corrected chi connectivity index (χ2v) is 10.4. The third-order valence-corrected chi connectivity index (χ3v) is 8.09. The largest absolute Gasteiger partial charge is 0.311 e. The minimum absolute atomic E-state index is 0.975. The van der Waals surface area contributed by atoms with Gasteiger partial charge >= 0.3 is 0 Å². The van der Waals surface area contributed by atoms with E-state index < -0.39 is 0 Å². The lowest BCUT2D eigenvalue weighted by Crippen LogP contribution is -2.09. The number of hydrogen-bond acceptors (Lipinski definition) is 2. The van der Waals surface area contributed by atoms with E-state index >= 15 is 0 Å². The van der Waals surface area contributed by atoms with E-state index in [2.05, 4.69) is 143 Å². The van der Waals surface area contributed by atoms with Crippen molar-refractivity contribution in [2.75, 3.05) is 4.90 Å². The lowest BCUT2D eigenvalue weighted by Gasteiger charge is -2.26. The number of rotatable bonds is 5. The monoisotopic (exact) mass is 522 g/mol. The first-order valence-electron chi connectivity index (χ1n) is 14.0. The fraction of sp³-hybridized carbons (Fsp3) is 0. The van der Waals surface area contributed by atoms with E-state index in [1.807, 2.05) is 24.4 Å². The number of anilines is 3. The Balaban J connectivity index is 1.19. The van der Waals surface area contributed by atoms with Gasteiger partial charge in [-0.1, -0.05) is 103 Å². The average molecular weight is 523 g/mol. The molecule has 1 aliphatic rings. The molecule has 0 aliphatic heterocycles. The summed E-state index contributed by atoms with van der Waals surface area (Å²) in [7, 11) is 0. The minimum Gasteiger partial charge on any atom is -0.311 e. The van der Waals surface area contributed by atoms with Crippen LogP contribution in [0, 0.1) is 0 Å². The predicted molar refractivity (Wildman–Crippen MR) is 172 cm³/mol. The van der Waals surface area contributed by atoms with Crippen LogP contribution in [0.15, 0.2) is 158 Å². The first kappa shape index (κ1) is 23.4. The lowest BCUT2D eigenvalue weighted by atomic mass is 9.94. The number of nitrogens with zero attached hydrogens (tertiary/aromatic N) is 2. The fourth-order valence-electron chi connectivity index (χ4n) is 6.19. The molecule has 7 aromatic rings. The second-order valence-electron chi connectivity index (χ2n) is 10.4. The van der Waals surface area contributed by atoms with Gasteiger partial charge in [-0.25, -0.2) is 0 Å². The van der Waals surface area contributed by atoms with Gasteiger partial charge in [0.25, 0.3) is 0 Å². The van der Waals surface area contributed by atoms with Gasteiger partial charge < -0.3 is 4.90 Å². The standard InChI is InChI=1S/C39H26N2/c1-2-9-29(10-3-1)41(31-22-18-28(19-23-31)38-15-6-7-26-40-38)30-20-16-27(17-21-30)32-24-25-37-34-12-5-4-11-33(34)36-14-8-13-35(32)39(36)37/h1-26H. The SMILES string of the molecule is c1ccc(N(c2ccc(-c3ccccn3)cc2)c2ccc(-c3ccc4c5c(cccc35)-c3ccccc3-4)cc2)cc1. The van der Waals surface area contributed by atoms with Gasteiger partial charge in [0.05, 0.1) is 5.69 Å². The summed E-state index contributed by atoms with van der Waals surface area (Å²) in [5, 5.41) is 2.66. The average Bonchev–Trinajstić information content (AvgIpc) is 3.38. The highest BCUT2D eigenvalue weighted by Crippen LogP contribution is 2.49. The topological polar surface area (TPSA) is 16.1 Å². The van der Waals surface area contributed by atoms with Crippen LogP contribution in [-0.2, 0) is 0 Å². The molecule has 2 heteroatoms. The molecular formula is C39H26N2. The molecule has 0 radical (unpaired) electrons. The van der Waals surface area contributed by atoms with Crippen molar-refractivity contribution in [3.63, 3.8) is 0 Å². The molecule has 0 spiro atoms. The van der Waals surface area contributed by atoms with Crippen LogP contribution < -0.4 is 4.90 Å². The molecule has 1 heterocycles. The lowest BCUT2D eigenvalue weighted by molar-refractivity contribution is 1.28. The maximum Gasteiger partial charge on any atom is 0.0701 e. The second kappa shape index (κ2) is 9.62. The molecule has 6 aromatic carbocycles. The Morgan fingerprint density at radius 2 is 0.927 bits per heavy atom. The van der Waals surface area contributed by atoms with Crippen molar-refractivity contribution in [3.05, 3.63) is 158 Å². The maximum absolute atomic E-state index is 4.51. The Labute approximate surface area is 239 Å². The van der Waals surface area contributed by atoms with E-state index in [0.717, 1.165) is 28.3 Å². The zero-order valence-corrected chi connectivity index (χ0v) is 22.4. The molecular weight excluding hydrogens is 496 g/mol. The van der Waals surface area contributed by atoms with Gasteiger partial charge in [-0.3, -0.25) is 4.98 Å². The van der Waals surface area contributed by atoms with E-state index in [1.165, 1.54) is 44.2 Å². The molecule has 0 unspecified atom stereocenters. The van der Waals surface area contributed by atoms with Gasteiger partial charge in [0, 0.05) is 28.8 Å². The number of para-hydroxylation sites is 1. The molecule has 0 N–H and O–H groups in total. The fourth-order valence-corrected chi connectivity index (χ4v) is 6.19. The molecule has 2 nitrogen and oxygen atoms in total. The van der Waals surface area contributed by atoms with Crippen LogP contribution in [-0.4, -0.2) is 4.98 Å². The maximum atomic E-state index is 4.51. The number of fused-ring (bicyclic) bond motifs is 3. The van der Waals surface area contributed by atoms with Crippen LogP contribution in [0.1, 0.15) is 0 Å². The van der Waals surface area contributed by atoms with Crippen molar-refractivity contribution in [1.82, 2.24) is 4.98 Å². The Morgan fingerprint density at radius 3 is 1.61 bits per heavy atom. The molecule has 1 aliphatic carbocycles. The van der Waals surface area contributed by atoms with Gasteiger partial charge in [-0.05, 0) is 92.7 Å². The van der Waals surface area contributed by atoms with Gasteiger partial charge in [0.1, 0.15) is 0 Å². The summed E-state index contributed by atoms with van der Waals surface area (Å²) in [6.07, 6.45) is 1.84. The third kappa shape index (κ3) is 3.92. The van der Waals surface area contributed by atoms with E-state index in [9.17, 15) is 0 Å². The van der Waals surface area contributed by atoms with E-state index in [1.54, 1.807) is 0 Å². The van der Waals surface area contributed by atoms with E-state index in [4.69, 9.17) is 0 Å². The van der Waals surface area contributed by atoms with Gasteiger partial charge in [-0.15, -0.1) is 0 Å². The summed E-state index contributed by atoms with van der Waals surface area (Å²) in [5.41, 5.74) is 13.2. The summed E-state index contributed by atoms with van der Waals surface area (Å²) < 4.78 is 0. The molecule has 0 saturated carbocycles. The first-order chi connectivity index (χ1) is 20.3. The molecule has 0 saturated heterocycles. The molecule has 1 aromatic heterocycles. The number of aromatic nitrogens is 1. The Bertz CT molecular complexity index is 1980. The number of pyridine rings is 1. The van der Waals surface area contributed by atoms with Crippen molar-refractivity contribution in [3.8, 4) is 44.6 Å². The zero-order valence-electron chi connectivity index (χ0n) is 22.4. The smallest absolute Gasteiger partial charge is 0.0701 e. The number of benzene rings is 6. The molecule has 41 heavy (non-hydrogen) atoms. The highest BCUT2D eigenvalue weighted by Gasteiger charge is 2.22. The molecule has 0 amide bonds. The molecule has 0 atom stereocenters. The van der Waals surface area contributed by atoms with Crippen molar-refractivity contribution >= 4 is 27.8 Å². The highest BCUT2D eigenvalue weighted by molar-refractivity contribution is 6.18. The van der Waals surface area contributed by atoms with Crippen LogP contribution in [0.25, 0.3) is 55.4 Å². The summed E-state index contributed by atoms with van der Waals surface area (Å²) in [4.78, 5) is 6.81. The zero-order chi connectivity index (χ0) is 27.2. The quantitative estimate of drug-likeness (QED) is 0.223. The Kier molecular flexibility index (Phi) is 5.49. The van der Waals surface area contributed by atoms with Crippen LogP contribution in [0.2, 0.25) is 0 Å². The van der Waals surface area contributed by atoms with E-state index in [0.29, 0.717) is 0 Å². The van der Waals surface area contributed by atoms with Crippen molar-refractivity contribution < 1.29 is 0 Å². The molecule has 8 rings (SSSR count). The molecule has 0 fully saturated rings. The van der Waals surface area contributed by atoms with Gasteiger partial charge in [0.15, 0.2) is 0 Å². The van der Waals surface area contributed by atoms with Crippen LogP contribution >= 0.6 is 0 Å². The Morgan fingerprint density at radius 1 is 0.366 bits per heavy atom. The van der Waals surface area contributed by atoms with Crippen molar-refractivity contribution in [2.24, 2.45) is 0 Å². The molecule has 192 valence electrons. The first-order valence-corrected chi connectivity index (χ1v) is 14.0. The van der Waals surface area contributed by atoms with Crippen LogP contribution in [0.5, 0.6) is 0 Å². The minimum atomic E-state index is 0.975. The summed E-state index contributed by atoms with van der Waals surface area (Å²) in [5.74, 6) is 0. The normalized spacial score (nSPS) is 11.4. The van der Waals surface area contributed by atoms with Crippen molar-refractivity contribution in [1.29, 1.82) is 0 Å².